The number of hydrogen-bond acceptors (Lipinski definition) is 5. The number of furan rings is 1. The van der Waals surface area contributed by atoms with Crippen molar-refractivity contribution in [2.24, 2.45) is 0 Å². The molecule has 0 saturated heterocycles. The highest BCUT2D eigenvalue weighted by molar-refractivity contribution is 7.90. The van der Waals surface area contributed by atoms with E-state index < -0.39 is 22.7 Å². The van der Waals surface area contributed by atoms with Gasteiger partial charge in [-0.05, 0) is 50.1 Å². The van der Waals surface area contributed by atoms with Crippen LogP contribution in [0.15, 0.2) is 70.4 Å². The Morgan fingerprint density at radius 3 is 2.41 bits per heavy atom. The number of hydrogen-bond donors (Lipinski definition) is 0. The molecule has 0 bridgehead atoms. The molecule has 0 fully saturated rings. The Morgan fingerprint density at radius 1 is 1.10 bits per heavy atom. The molecule has 0 amide bonds. The number of carbonyl (C=O) groups is 1. The van der Waals surface area contributed by atoms with Crippen LogP contribution in [0, 0.1) is 0 Å². The second-order valence-corrected chi connectivity index (χ2v) is 8.95. The third-order valence-corrected chi connectivity index (χ3v) is 5.55. The van der Waals surface area contributed by atoms with Crippen molar-refractivity contribution < 1.29 is 23.2 Å². The number of esters is 1. The first kappa shape index (κ1) is 21.0. The average Bonchev–Trinajstić information content (AvgIpc) is 3.21. The van der Waals surface area contributed by atoms with Gasteiger partial charge in [-0.25, -0.2) is 4.79 Å². The van der Waals surface area contributed by atoms with E-state index in [1.807, 2.05) is 24.3 Å². The number of rotatable bonds is 6. The van der Waals surface area contributed by atoms with Crippen molar-refractivity contribution in [1.29, 1.82) is 0 Å². The van der Waals surface area contributed by atoms with Crippen LogP contribution in [-0.2, 0) is 21.7 Å². The van der Waals surface area contributed by atoms with Gasteiger partial charge in [0.1, 0.15) is 22.7 Å². The van der Waals surface area contributed by atoms with Gasteiger partial charge in [0.05, 0.1) is 19.6 Å². The minimum absolute atomic E-state index is 0.167. The largest absolute Gasteiger partial charge is 0.611 e. The Balaban J connectivity index is 2.08. The van der Waals surface area contributed by atoms with Crippen molar-refractivity contribution in [2.45, 2.75) is 37.0 Å². The lowest BCUT2D eigenvalue weighted by Gasteiger charge is -2.23. The SMILES string of the molecule is COc1c(-c2ccoc2)ccc(C[S+]([O-])c2ccccc2)c1C(=O)OC(C)(C)C. The van der Waals surface area contributed by atoms with Crippen molar-refractivity contribution in [3.05, 3.63) is 72.2 Å². The maximum absolute atomic E-state index is 13.1. The summed E-state index contributed by atoms with van der Waals surface area (Å²) in [5.41, 5.74) is 1.69. The summed E-state index contributed by atoms with van der Waals surface area (Å²) in [4.78, 5) is 13.8. The summed E-state index contributed by atoms with van der Waals surface area (Å²) >= 11 is -1.32. The third-order valence-electron chi connectivity index (χ3n) is 4.18. The monoisotopic (exact) mass is 412 g/mol. The second kappa shape index (κ2) is 8.76. The van der Waals surface area contributed by atoms with Crippen molar-refractivity contribution in [3.8, 4) is 16.9 Å². The smallest absolute Gasteiger partial charge is 0.342 e. The summed E-state index contributed by atoms with van der Waals surface area (Å²) in [5, 5.41) is 0. The molecule has 0 radical (unpaired) electrons. The summed E-state index contributed by atoms with van der Waals surface area (Å²) < 4.78 is 29.3. The Kier molecular flexibility index (Phi) is 6.35. The van der Waals surface area contributed by atoms with Crippen molar-refractivity contribution in [2.75, 3.05) is 7.11 Å². The Labute approximate surface area is 173 Å². The molecule has 0 N–H and O–H groups in total. The zero-order valence-electron chi connectivity index (χ0n) is 16.9. The zero-order chi connectivity index (χ0) is 21.0. The molecule has 1 unspecified atom stereocenters. The normalized spacial score (nSPS) is 12.4. The zero-order valence-corrected chi connectivity index (χ0v) is 17.7. The molecule has 0 spiro atoms. The van der Waals surface area contributed by atoms with Crippen LogP contribution in [0.2, 0.25) is 0 Å². The van der Waals surface area contributed by atoms with Crippen molar-refractivity contribution in [1.82, 2.24) is 0 Å². The number of methoxy groups -OCH3 is 1. The maximum atomic E-state index is 13.1. The molecule has 0 aliphatic heterocycles. The van der Waals surface area contributed by atoms with E-state index in [0.29, 0.717) is 21.8 Å². The van der Waals surface area contributed by atoms with Crippen LogP contribution in [0.5, 0.6) is 5.75 Å². The minimum atomic E-state index is -1.32. The van der Waals surface area contributed by atoms with E-state index in [9.17, 15) is 9.35 Å². The Hall–Kier alpha value is -2.70. The van der Waals surface area contributed by atoms with Gasteiger partial charge in [-0.3, -0.25) is 0 Å². The molecule has 2 aromatic carbocycles. The Bertz CT molecular complexity index is 959. The van der Waals surface area contributed by atoms with Gasteiger partial charge in [0.2, 0.25) is 0 Å². The lowest BCUT2D eigenvalue weighted by atomic mass is 9.99. The standard InChI is InChI=1S/C23H24O5S/c1-23(2,3)28-22(24)20-17(15-29(25)18-8-6-5-7-9-18)10-11-19(21(20)26-4)16-12-13-27-14-16/h5-14H,15H2,1-4H3. The van der Waals surface area contributed by atoms with E-state index in [-0.39, 0.29) is 11.3 Å². The highest BCUT2D eigenvalue weighted by Gasteiger charge is 2.28. The molecule has 1 aromatic heterocycles. The van der Waals surface area contributed by atoms with Crippen LogP contribution in [0.4, 0.5) is 0 Å². The van der Waals surface area contributed by atoms with E-state index >= 15 is 0 Å². The number of carbonyl (C=O) groups excluding carboxylic acids is 1. The fourth-order valence-electron chi connectivity index (χ4n) is 2.95. The lowest BCUT2D eigenvalue weighted by molar-refractivity contribution is 0.00657. The number of benzene rings is 2. The molecule has 1 heterocycles. The second-order valence-electron chi connectivity index (χ2n) is 7.50. The van der Waals surface area contributed by atoms with Gasteiger partial charge in [-0.1, -0.05) is 30.3 Å². The summed E-state index contributed by atoms with van der Waals surface area (Å²) in [6, 6.07) is 14.6. The molecule has 5 nitrogen and oxygen atoms in total. The lowest BCUT2D eigenvalue weighted by Crippen LogP contribution is -2.25. The van der Waals surface area contributed by atoms with E-state index in [2.05, 4.69) is 0 Å². The minimum Gasteiger partial charge on any atom is -0.611 e. The molecule has 3 aromatic rings. The summed E-state index contributed by atoms with van der Waals surface area (Å²) in [6.45, 7) is 5.41. The van der Waals surface area contributed by atoms with Crippen LogP contribution in [-0.4, -0.2) is 23.2 Å². The number of ether oxygens (including phenoxy) is 2. The van der Waals surface area contributed by atoms with Gasteiger partial charge < -0.3 is 18.4 Å². The van der Waals surface area contributed by atoms with Crippen LogP contribution in [0.1, 0.15) is 36.7 Å². The topological polar surface area (TPSA) is 71.7 Å². The van der Waals surface area contributed by atoms with Gasteiger partial charge in [0.25, 0.3) is 0 Å². The first-order valence-corrected chi connectivity index (χ1v) is 10.5. The fraction of sp³-hybridized carbons (Fsp3) is 0.261. The van der Waals surface area contributed by atoms with E-state index in [1.165, 1.54) is 7.11 Å². The highest BCUT2D eigenvalue weighted by Crippen LogP contribution is 2.37. The van der Waals surface area contributed by atoms with Gasteiger partial charge in [-0.2, -0.15) is 0 Å². The van der Waals surface area contributed by atoms with Crippen LogP contribution >= 0.6 is 0 Å². The molecule has 29 heavy (non-hydrogen) atoms. The fourth-order valence-corrected chi connectivity index (χ4v) is 4.10. The summed E-state index contributed by atoms with van der Waals surface area (Å²) in [6.07, 6.45) is 3.14. The summed E-state index contributed by atoms with van der Waals surface area (Å²) in [7, 11) is 1.50. The molecule has 3 rings (SSSR count). The van der Waals surface area contributed by atoms with Crippen molar-refractivity contribution >= 4 is 17.1 Å². The molecular weight excluding hydrogens is 388 g/mol. The third kappa shape index (κ3) is 5.02. The van der Waals surface area contributed by atoms with Crippen LogP contribution in [0.3, 0.4) is 0 Å². The summed E-state index contributed by atoms with van der Waals surface area (Å²) in [5.74, 6) is 0.0311. The maximum Gasteiger partial charge on any atom is 0.342 e. The van der Waals surface area contributed by atoms with E-state index in [4.69, 9.17) is 13.9 Å². The molecule has 1 atom stereocenters. The predicted molar refractivity (Wildman–Crippen MR) is 112 cm³/mol. The quantitative estimate of drug-likeness (QED) is 0.410. The van der Waals surface area contributed by atoms with Crippen LogP contribution < -0.4 is 4.74 Å². The van der Waals surface area contributed by atoms with Gasteiger partial charge in [0, 0.05) is 16.7 Å². The van der Waals surface area contributed by atoms with Crippen LogP contribution in [0.25, 0.3) is 11.1 Å². The molecule has 0 saturated carbocycles. The van der Waals surface area contributed by atoms with Gasteiger partial charge in [-0.15, -0.1) is 0 Å². The average molecular weight is 413 g/mol. The predicted octanol–water partition coefficient (Wildman–Crippen LogP) is 5.22. The molecule has 0 aliphatic rings. The molecular formula is C23H24O5S. The molecule has 152 valence electrons. The first-order chi connectivity index (χ1) is 13.8. The van der Waals surface area contributed by atoms with Crippen molar-refractivity contribution in [3.63, 3.8) is 0 Å². The van der Waals surface area contributed by atoms with Gasteiger partial charge >= 0.3 is 5.97 Å². The molecule has 6 heteroatoms. The highest BCUT2D eigenvalue weighted by atomic mass is 32.2. The van der Waals surface area contributed by atoms with E-state index in [0.717, 1.165) is 5.56 Å². The van der Waals surface area contributed by atoms with E-state index in [1.54, 1.807) is 57.6 Å². The van der Waals surface area contributed by atoms with Gasteiger partial charge in [0.15, 0.2) is 4.90 Å². The first-order valence-electron chi connectivity index (χ1n) is 9.19. The Morgan fingerprint density at radius 2 is 1.83 bits per heavy atom. The molecule has 0 aliphatic carbocycles.